The Hall–Kier alpha value is -2.92. The Kier molecular flexibility index (Phi) is 6.29. The van der Waals surface area contributed by atoms with E-state index >= 15 is 0 Å². The van der Waals surface area contributed by atoms with E-state index in [0.29, 0.717) is 12.3 Å². The number of piperidine rings is 1. The van der Waals surface area contributed by atoms with Crippen LogP contribution in [0, 0.1) is 13.8 Å². The Labute approximate surface area is 179 Å². The minimum Gasteiger partial charge on any atom is -0.507 e. The molecule has 4 N–H and O–H groups in total. The number of aromatic nitrogens is 1. The molecular weight excluding hydrogens is 372 g/mol. The molecule has 158 valence electrons. The summed E-state index contributed by atoms with van der Waals surface area (Å²) in [5, 5.41) is 16.8. The number of phenolic OH excluding ortho intramolecular Hbond substituents is 1. The summed E-state index contributed by atoms with van der Waals surface area (Å²) in [6, 6.07) is 14.9. The van der Waals surface area contributed by atoms with Crippen molar-refractivity contribution < 1.29 is 5.11 Å². The molecule has 0 atom stereocenters. The zero-order valence-corrected chi connectivity index (χ0v) is 18.0. The second-order valence-electron chi connectivity index (χ2n) is 8.39. The van der Waals surface area contributed by atoms with Crippen molar-refractivity contribution in [3.63, 3.8) is 0 Å². The first-order chi connectivity index (χ1) is 14.6. The molecule has 0 aliphatic carbocycles. The molecule has 0 radical (unpaired) electrons. The molecule has 2 aromatic carbocycles. The summed E-state index contributed by atoms with van der Waals surface area (Å²) in [7, 11) is 0. The summed E-state index contributed by atoms with van der Waals surface area (Å²) in [5.41, 5.74) is 6.45. The van der Waals surface area contributed by atoms with Gasteiger partial charge in [-0.1, -0.05) is 30.7 Å². The summed E-state index contributed by atoms with van der Waals surface area (Å²) in [5.74, 6) is 1.34. The molecule has 3 aromatic rings. The smallest absolute Gasteiger partial charge is 0.121 e. The van der Waals surface area contributed by atoms with Gasteiger partial charge in [-0.3, -0.25) is 4.90 Å². The van der Waals surface area contributed by atoms with E-state index in [0.717, 1.165) is 40.4 Å². The highest BCUT2D eigenvalue weighted by atomic mass is 16.3. The Balaban J connectivity index is 1.31. The molecular formula is C25H32N4O. The van der Waals surface area contributed by atoms with Gasteiger partial charge in [-0.2, -0.15) is 0 Å². The number of nitrogens with one attached hydrogen (secondary N) is 3. The van der Waals surface area contributed by atoms with Gasteiger partial charge in [0.1, 0.15) is 11.6 Å². The number of likely N-dealkylation sites (tertiary alicyclic amines) is 1. The summed E-state index contributed by atoms with van der Waals surface area (Å²) in [6.45, 7) is 8.06. The second kappa shape index (κ2) is 9.26. The summed E-state index contributed by atoms with van der Waals surface area (Å²) in [4.78, 5) is 5.82. The standard InChI is InChI=1S/C25H32N4O/c1-18-12-21(13-19(2)25(18)30)15-26-24-14-23(16-27-24)28-22-8-6-20(7-9-22)17-29-10-4-3-5-11-29/h6-9,12-14,16,26-28,30H,3-5,10-11,15,17H2,1-2H3. The zero-order valence-electron chi connectivity index (χ0n) is 18.0. The van der Waals surface area contributed by atoms with Crippen molar-refractivity contribution in [1.29, 1.82) is 0 Å². The number of aryl methyl sites for hydroxylation is 2. The van der Waals surface area contributed by atoms with Crippen molar-refractivity contribution in [2.24, 2.45) is 0 Å². The van der Waals surface area contributed by atoms with Crippen LogP contribution in [0.15, 0.2) is 48.7 Å². The molecule has 4 rings (SSSR count). The molecule has 5 heteroatoms. The molecule has 0 unspecified atom stereocenters. The van der Waals surface area contributed by atoms with Crippen LogP contribution in [0.2, 0.25) is 0 Å². The zero-order chi connectivity index (χ0) is 20.9. The van der Waals surface area contributed by atoms with Crippen LogP contribution in [0.4, 0.5) is 17.2 Å². The quantitative estimate of drug-likeness (QED) is 0.409. The van der Waals surface area contributed by atoms with E-state index in [4.69, 9.17) is 0 Å². The summed E-state index contributed by atoms with van der Waals surface area (Å²) >= 11 is 0. The maximum atomic E-state index is 9.92. The van der Waals surface area contributed by atoms with Crippen LogP contribution in [-0.2, 0) is 13.1 Å². The first-order valence-corrected chi connectivity index (χ1v) is 10.9. The second-order valence-corrected chi connectivity index (χ2v) is 8.39. The fourth-order valence-electron chi connectivity index (χ4n) is 4.15. The van der Waals surface area contributed by atoms with Crippen molar-refractivity contribution >= 4 is 17.2 Å². The Morgan fingerprint density at radius 3 is 2.30 bits per heavy atom. The molecule has 0 bridgehead atoms. The Bertz CT molecular complexity index is 948. The van der Waals surface area contributed by atoms with Gasteiger partial charge < -0.3 is 20.7 Å². The predicted octanol–water partition coefficient (Wildman–Crippen LogP) is 5.68. The number of nitrogens with zero attached hydrogens (tertiary/aromatic N) is 1. The number of hydrogen-bond donors (Lipinski definition) is 4. The SMILES string of the molecule is Cc1cc(CNc2cc(Nc3ccc(CN4CCCCC4)cc3)c[nH]2)cc(C)c1O. The van der Waals surface area contributed by atoms with Crippen molar-refractivity contribution in [3.05, 3.63) is 70.9 Å². The predicted molar refractivity (Wildman–Crippen MR) is 125 cm³/mol. The fraction of sp³-hybridized carbons (Fsp3) is 0.360. The lowest BCUT2D eigenvalue weighted by molar-refractivity contribution is 0.221. The number of rotatable bonds is 7. The van der Waals surface area contributed by atoms with E-state index in [2.05, 4.69) is 50.8 Å². The van der Waals surface area contributed by atoms with Crippen LogP contribution < -0.4 is 10.6 Å². The van der Waals surface area contributed by atoms with E-state index in [1.165, 1.54) is 37.9 Å². The molecule has 1 fully saturated rings. The van der Waals surface area contributed by atoms with E-state index in [1.54, 1.807) is 0 Å². The molecule has 2 heterocycles. The van der Waals surface area contributed by atoms with Crippen LogP contribution in [-0.4, -0.2) is 28.1 Å². The molecule has 0 spiro atoms. The van der Waals surface area contributed by atoms with Crippen molar-refractivity contribution in [1.82, 2.24) is 9.88 Å². The summed E-state index contributed by atoms with van der Waals surface area (Å²) < 4.78 is 0. The average Bonchev–Trinajstić information content (AvgIpc) is 3.20. The third-order valence-corrected chi connectivity index (χ3v) is 5.81. The maximum Gasteiger partial charge on any atom is 0.121 e. The normalized spacial score (nSPS) is 14.6. The van der Waals surface area contributed by atoms with Crippen LogP contribution >= 0.6 is 0 Å². The number of aromatic amines is 1. The van der Waals surface area contributed by atoms with Crippen LogP contribution in [0.3, 0.4) is 0 Å². The molecule has 1 saturated heterocycles. The number of H-pyrrole nitrogens is 1. The molecule has 5 nitrogen and oxygen atoms in total. The highest BCUT2D eigenvalue weighted by molar-refractivity contribution is 5.63. The molecule has 0 saturated carbocycles. The first-order valence-electron chi connectivity index (χ1n) is 10.9. The van der Waals surface area contributed by atoms with E-state index in [1.807, 2.05) is 32.2 Å². The average molecular weight is 405 g/mol. The number of aromatic hydroxyl groups is 1. The Morgan fingerprint density at radius 1 is 0.900 bits per heavy atom. The van der Waals surface area contributed by atoms with Gasteiger partial charge in [-0.25, -0.2) is 0 Å². The van der Waals surface area contributed by atoms with Crippen LogP contribution in [0.25, 0.3) is 0 Å². The summed E-state index contributed by atoms with van der Waals surface area (Å²) in [6.07, 6.45) is 6.00. The maximum absolute atomic E-state index is 9.92. The van der Waals surface area contributed by atoms with Gasteiger partial charge in [0.25, 0.3) is 0 Å². The number of anilines is 3. The van der Waals surface area contributed by atoms with Gasteiger partial charge >= 0.3 is 0 Å². The van der Waals surface area contributed by atoms with Gasteiger partial charge in [0, 0.05) is 31.0 Å². The third-order valence-electron chi connectivity index (χ3n) is 5.81. The monoisotopic (exact) mass is 404 g/mol. The van der Waals surface area contributed by atoms with Gasteiger partial charge in [0.05, 0.1) is 5.69 Å². The Morgan fingerprint density at radius 2 is 1.60 bits per heavy atom. The molecule has 1 aliphatic rings. The molecule has 1 aromatic heterocycles. The van der Waals surface area contributed by atoms with Gasteiger partial charge in [0.2, 0.25) is 0 Å². The third kappa shape index (κ3) is 5.16. The number of benzene rings is 2. The van der Waals surface area contributed by atoms with Crippen molar-refractivity contribution in [2.75, 3.05) is 23.7 Å². The van der Waals surface area contributed by atoms with Crippen molar-refractivity contribution in [3.8, 4) is 5.75 Å². The largest absolute Gasteiger partial charge is 0.507 e. The number of hydrogen-bond acceptors (Lipinski definition) is 4. The lowest BCUT2D eigenvalue weighted by atomic mass is 10.1. The lowest BCUT2D eigenvalue weighted by Crippen LogP contribution is -2.28. The van der Waals surface area contributed by atoms with Gasteiger partial charge in [0.15, 0.2) is 0 Å². The van der Waals surface area contributed by atoms with Crippen molar-refractivity contribution in [2.45, 2.75) is 46.2 Å². The highest BCUT2D eigenvalue weighted by Crippen LogP contribution is 2.24. The minimum absolute atomic E-state index is 0.382. The lowest BCUT2D eigenvalue weighted by Gasteiger charge is -2.26. The minimum atomic E-state index is 0.382. The van der Waals surface area contributed by atoms with E-state index in [-0.39, 0.29) is 0 Å². The molecule has 0 amide bonds. The topological polar surface area (TPSA) is 63.3 Å². The van der Waals surface area contributed by atoms with E-state index < -0.39 is 0 Å². The fourth-order valence-corrected chi connectivity index (χ4v) is 4.15. The van der Waals surface area contributed by atoms with Gasteiger partial charge in [-0.05, 0) is 74.2 Å². The first kappa shape index (κ1) is 20.4. The highest BCUT2D eigenvalue weighted by Gasteiger charge is 2.10. The molecule has 1 aliphatic heterocycles. The van der Waals surface area contributed by atoms with Crippen LogP contribution in [0.5, 0.6) is 5.75 Å². The molecule has 30 heavy (non-hydrogen) atoms. The number of phenols is 1. The van der Waals surface area contributed by atoms with E-state index in [9.17, 15) is 5.11 Å². The van der Waals surface area contributed by atoms with Crippen LogP contribution in [0.1, 0.15) is 41.5 Å². The van der Waals surface area contributed by atoms with Gasteiger partial charge in [-0.15, -0.1) is 0 Å².